The molecule has 0 amide bonds. The molecule has 0 fully saturated rings. The third-order valence-electron chi connectivity index (χ3n) is 0.840. The van der Waals surface area contributed by atoms with Crippen molar-refractivity contribution in [2.45, 2.75) is 18.7 Å². The van der Waals surface area contributed by atoms with Crippen molar-refractivity contribution in [1.82, 2.24) is 0 Å². The van der Waals surface area contributed by atoms with Crippen LogP contribution in [0.5, 0.6) is 0 Å². The second-order valence-corrected chi connectivity index (χ2v) is 2.62. The number of alkyl halides is 2. The number of carbonyl (C=O) groups excluding carboxylic acids is 1. The Hall–Kier alpha value is 0.0500. The van der Waals surface area contributed by atoms with Gasteiger partial charge >= 0.3 is 5.97 Å². The number of rotatable bonds is 4. The summed E-state index contributed by atoms with van der Waals surface area (Å²) in [4.78, 5) is 10.7. The fraction of sp³-hybridized carbons (Fsp3) is 0.833. The zero-order chi connectivity index (χ0) is 7.98. The highest BCUT2D eigenvalue weighted by Crippen LogP contribution is 2.01. The molecule has 0 bridgehead atoms. The minimum absolute atomic E-state index is 0.101. The molecule has 0 radical (unpaired) electrons. The molecular formula is C6H10Cl2O2. The third-order valence-corrected chi connectivity index (χ3v) is 1.64. The molecule has 0 N–H and O–H groups in total. The average molecular weight is 185 g/mol. The van der Waals surface area contributed by atoms with Gasteiger partial charge in [-0.1, -0.05) is 6.92 Å². The predicted octanol–water partition coefficient (Wildman–Crippen LogP) is 1.79. The molecule has 0 aliphatic rings. The summed E-state index contributed by atoms with van der Waals surface area (Å²) in [6.45, 7) is 2.33. The number of hydrogen-bond donors (Lipinski definition) is 0. The van der Waals surface area contributed by atoms with E-state index in [9.17, 15) is 4.79 Å². The van der Waals surface area contributed by atoms with Gasteiger partial charge in [-0.25, -0.2) is 0 Å². The Morgan fingerprint density at radius 1 is 1.70 bits per heavy atom. The van der Waals surface area contributed by atoms with Gasteiger partial charge in [-0.3, -0.25) is 4.79 Å². The molecule has 4 heteroatoms. The zero-order valence-corrected chi connectivity index (χ0v) is 7.28. The maximum absolute atomic E-state index is 10.7. The fourth-order valence-electron chi connectivity index (χ4n) is 0.356. The predicted molar refractivity (Wildman–Crippen MR) is 41.6 cm³/mol. The number of halogens is 2. The molecule has 0 rings (SSSR count). The molecule has 0 spiro atoms. The van der Waals surface area contributed by atoms with Crippen LogP contribution in [0.4, 0.5) is 0 Å². The molecule has 0 aromatic rings. The molecule has 1 atom stereocenters. The second-order valence-electron chi connectivity index (χ2n) is 1.79. The summed E-state index contributed by atoms with van der Waals surface area (Å²) < 4.78 is 4.69. The van der Waals surface area contributed by atoms with E-state index in [2.05, 4.69) is 4.74 Å². The number of hydrogen-bond acceptors (Lipinski definition) is 2. The van der Waals surface area contributed by atoms with Crippen LogP contribution in [-0.2, 0) is 9.53 Å². The van der Waals surface area contributed by atoms with E-state index < -0.39 is 11.3 Å². The lowest BCUT2D eigenvalue weighted by Crippen LogP contribution is -2.19. The van der Waals surface area contributed by atoms with E-state index >= 15 is 0 Å². The Labute approximate surface area is 70.4 Å². The lowest BCUT2D eigenvalue weighted by Gasteiger charge is -2.04. The first kappa shape index (κ1) is 10.0. The largest absolute Gasteiger partial charge is 0.465 e. The smallest absolute Gasteiger partial charge is 0.325 e. The Kier molecular flexibility index (Phi) is 5.84. The van der Waals surface area contributed by atoms with Gasteiger partial charge < -0.3 is 4.74 Å². The van der Waals surface area contributed by atoms with Crippen LogP contribution in [0.25, 0.3) is 0 Å². The SMILES string of the molecule is CCCOC(=O)C(Cl)CCl. The van der Waals surface area contributed by atoms with Crippen molar-refractivity contribution in [2.24, 2.45) is 0 Å². The van der Waals surface area contributed by atoms with Crippen molar-refractivity contribution in [3.05, 3.63) is 0 Å². The molecule has 0 heterocycles. The summed E-state index contributed by atoms with van der Waals surface area (Å²) in [6, 6.07) is 0. The van der Waals surface area contributed by atoms with Crippen LogP contribution in [0, 0.1) is 0 Å². The van der Waals surface area contributed by atoms with Gasteiger partial charge in [0, 0.05) is 5.88 Å². The summed E-state index contributed by atoms with van der Waals surface area (Å²) in [5, 5.41) is -0.701. The van der Waals surface area contributed by atoms with Crippen LogP contribution in [0.3, 0.4) is 0 Å². The first-order chi connectivity index (χ1) is 4.72. The maximum Gasteiger partial charge on any atom is 0.325 e. The van der Waals surface area contributed by atoms with E-state index in [4.69, 9.17) is 23.2 Å². The lowest BCUT2D eigenvalue weighted by molar-refractivity contribution is -0.142. The van der Waals surface area contributed by atoms with E-state index in [0.717, 1.165) is 6.42 Å². The second kappa shape index (κ2) is 5.81. The van der Waals surface area contributed by atoms with Gasteiger partial charge in [0.15, 0.2) is 0 Å². The van der Waals surface area contributed by atoms with Gasteiger partial charge in [-0.15, -0.1) is 23.2 Å². The molecule has 0 saturated heterocycles. The van der Waals surface area contributed by atoms with Gasteiger partial charge in [0.05, 0.1) is 6.61 Å². The van der Waals surface area contributed by atoms with Crippen molar-refractivity contribution in [1.29, 1.82) is 0 Å². The molecule has 60 valence electrons. The molecule has 0 aliphatic heterocycles. The van der Waals surface area contributed by atoms with E-state index in [1.54, 1.807) is 0 Å². The first-order valence-electron chi connectivity index (χ1n) is 3.09. The average Bonchev–Trinajstić information content (AvgIpc) is 1.98. The van der Waals surface area contributed by atoms with Crippen LogP contribution >= 0.6 is 23.2 Å². The quantitative estimate of drug-likeness (QED) is 0.493. The summed E-state index contributed by atoms with van der Waals surface area (Å²) in [6.07, 6.45) is 0.803. The van der Waals surface area contributed by atoms with Crippen LogP contribution in [0.1, 0.15) is 13.3 Å². The molecule has 0 aliphatic carbocycles. The molecule has 0 saturated carbocycles. The molecule has 0 aromatic heterocycles. The molecule has 2 nitrogen and oxygen atoms in total. The minimum atomic E-state index is -0.701. The van der Waals surface area contributed by atoms with Gasteiger partial charge in [0.1, 0.15) is 5.38 Å². The highest BCUT2D eigenvalue weighted by molar-refractivity contribution is 6.35. The zero-order valence-electron chi connectivity index (χ0n) is 5.77. The number of carbonyl (C=O) groups is 1. The van der Waals surface area contributed by atoms with Crippen LogP contribution < -0.4 is 0 Å². The molecular weight excluding hydrogens is 175 g/mol. The fourth-order valence-corrected chi connectivity index (χ4v) is 0.545. The lowest BCUT2D eigenvalue weighted by atomic mass is 10.5. The van der Waals surface area contributed by atoms with Crippen molar-refractivity contribution in [3.63, 3.8) is 0 Å². The van der Waals surface area contributed by atoms with Crippen molar-refractivity contribution < 1.29 is 9.53 Å². The standard InChI is InChI=1S/C6H10Cl2O2/c1-2-3-10-6(9)5(8)4-7/h5H,2-4H2,1H3. The minimum Gasteiger partial charge on any atom is -0.465 e. The summed E-state index contributed by atoms with van der Waals surface area (Å²) in [5.41, 5.74) is 0. The number of ether oxygens (including phenoxy) is 1. The van der Waals surface area contributed by atoms with Gasteiger partial charge in [-0.05, 0) is 6.42 Å². The van der Waals surface area contributed by atoms with Crippen LogP contribution in [0.15, 0.2) is 0 Å². The molecule has 1 unspecified atom stereocenters. The van der Waals surface area contributed by atoms with Gasteiger partial charge in [0.25, 0.3) is 0 Å². The topological polar surface area (TPSA) is 26.3 Å². The number of esters is 1. The van der Waals surface area contributed by atoms with Crippen LogP contribution in [0.2, 0.25) is 0 Å². The first-order valence-corrected chi connectivity index (χ1v) is 4.06. The summed E-state index contributed by atoms with van der Waals surface area (Å²) >= 11 is 10.7. The highest BCUT2D eigenvalue weighted by atomic mass is 35.5. The Bertz CT molecular complexity index is 106. The Balaban J connectivity index is 3.42. The van der Waals surface area contributed by atoms with Gasteiger partial charge in [0.2, 0.25) is 0 Å². The van der Waals surface area contributed by atoms with E-state index in [0.29, 0.717) is 6.61 Å². The van der Waals surface area contributed by atoms with E-state index in [1.807, 2.05) is 6.92 Å². The third kappa shape index (κ3) is 3.96. The normalized spacial score (nSPS) is 12.7. The highest BCUT2D eigenvalue weighted by Gasteiger charge is 2.14. The van der Waals surface area contributed by atoms with Crippen molar-refractivity contribution >= 4 is 29.2 Å². The van der Waals surface area contributed by atoms with E-state index in [1.165, 1.54) is 0 Å². The maximum atomic E-state index is 10.7. The summed E-state index contributed by atoms with van der Waals surface area (Å²) in [5.74, 6) is -0.331. The summed E-state index contributed by atoms with van der Waals surface area (Å²) in [7, 11) is 0. The Morgan fingerprint density at radius 3 is 2.70 bits per heavy atom. The Morgan fingerprint density at radius 2 is 2.30 bits per heavy atom. The van der Waals surface area contributed by atoms with Crippen molar-refractivity contribution in [3.8, 4) is 0 Å². The van der Waals surface area contributed by atoms with Gasteiger partial charge in [-0.2, -0.15) is 0 Å². The molecule has 0 aromatic carbocycles. The van der Waals surface area contributed by atoms with E-state index in [-0.39, 0.29) is 5.88 Å². The monoisotopic (exact) mass is 184 g/mol. The van der Waals surface area contributed by atoms with Crippen molar-refractivity contribution in [2.75, 3.05) is 12.5 Å². The van der Waals surface area contributed by atoms with Crippen LogP contribution in [-0.4, -0.2) is 23.8 Å². The molecule has 10 heavy (non-hydrogen) atoms.